The van der Waals surface area contributed by atoms with Crippen molar-refractivity contribution >= 4 is 46.9 Å². The van der Waals surface area contributed by atoms with Gasteiger partial charge < -0.3 is 25.4 Å². The number of nitrogens with one attached hydrogen (secondary N) is 3. The van der Waals surface area contributed by atoms with Crippen LogP contribution >= 0.6 is 11.8 Å². The first kappa shape index (κ1) is 31.9. The third kappa shape index (κ3) is 8.75. The summed E-state index contributed by atoms with van der Waals surface area (Å²) in [5, 5.41) is 8.19. The summed E-state index contributed by atoms with van der Waals surface area (Å²) in [5.41, 5.74) is 3.37. The minimum atomic E-state index is -0.479. The fraction of sp³-hybridized carbons (Fsp3) is 0.171. The highest BCUT2D eigenvalue weighted by Crippen LogP contribution is 2.32. The highest BCUT2D eigenvalue weighted by molar-refractivity contribution is 8.00. The predicted octanol–water partition coefficient (Wildman–Crippen LogP) is 6.93. The van der Waals surface area contributed by atoms with Crippen LogP contribution in [0.4, 0.5) is 11.4 Å². The maximum Gasteiger partial charge on any atom is 0.272 e. The molecule has 0 aromatic heterocycles. The lowest BCUT2D eigenvalue weighted by atomic mass is 10.1. The average Bonchev–Trinajstić information content (AvgIpc) is 3.03. The van der Waals surface area contributed by atoms with E-state index in [0.29, 0.717) is 34.9 Å². The molecule has 0 saturated heterocycles. The van der Waals surface area contributed by atoms with Gasteiger partial charge in [-0.2, -0.15) is 0 Å². The second-order valence-corrected chi connectivity index (χ2v) is 11.1. The van der Waals surface area contributed by atoms with Crippen LogP contribution in [0.15, 0.2) is 108 Å². The monoisotopic (exact) mass is 609 g/mol. The van der Waals surface area contributed by atoms with Gasteiger partial charge in [-0.3, -0.25) is 14.4 Å². The first-order valence-electron chi connectivity index (χ1n) is 14.0. The van der Waals surface area contributed by atoms with Crippen molar-refractivity contribution in [1.29, 1.82) is 0 Å². The van der Waals surface area contributed by atoms with E-state index in [1.807, 2.05) is 50.2 Å². The lowest BCUT2D eigenvalue weighted by molar-refractivity contribution is -0.116. The molecule has 4 rings (SSSR count). The van der Waals surface area contributed by atoms with Gasteiger partial charge in [-0.25, -0.2) is 0 Å². The Kier molecular flexibility index (Phi) is 11.2. The fourth-order valence-corrected chi connectivity index (χ4v) is 5.34. The average molecular weight is 610 g/mol. The van der Waals surface area contributed by atoms with Crippen LogP contribution < -0.4 is 25.4 Å². The zero-order valence-electron chi connectivity index (χ0n) is 25.0. The number of anilines is 2. The van der Waals surface area contributed by atoms with Gasteiger partial charge in [0, 0.05) is 22.2 Å². The van der Waals surface area contributed by atoms with Crippen LogP contribution in [0.1, 0.15) is 34.8 Å². The number of hydrogen-bond acceptors (Lipinski definition) is 6. The smallest absolute Gasteiger partial charge is 0.272 e. The van der Waals surface area contributed by atoms with Crippen LogP contribution in [0.5, 0.6) is 11.5 Å². The molecule has 1 unspecified atom stereocenters. The van der Waals surface area contributed by atoms with Gasteiger partial charge in [-0.05, 0) is 67.4 Å². The highest BCUT2D eigenvalue weighted by atomic mass is 32.2. The van der Waals surface area contributed by atoms with Crippen LogP contribution in [-0.2, 0) is 9.59 Å². The van der Waals surface area contributed by atoms with E-state index in [-0.39, 0.29) is 11.6 Å². The molecule has 3 amide bonds. The van der Waals surface area contributed by atoms with Gasteiger partial charge in [0.05, 0.1) is 25.2 Å². The molecule has 0 spiro atoms. The van der Waals surface area contributed by atoms with E-state index in [1.54, 1.807) is 73.8 Å². The largest absolute Gasteiger partial charge is 0.497 e. The number of thioether (sulfide) groups is 1. The minimum absolute atomic E-state index is 0.0977. The summed E-state index contributed by atoms with van der Waals surface area (Å²) in [6, 6.07) is 28.8. The van der Waals surface area contributed by atoms with E-state index < -0.39 is 17.1 Å². The molecule has 8 nitrogen and oxygen atoms in total. The van der Waals surface area contributed by atoms with Crippen molar-refractivity contribution < 1.29 is 23.9 Å². The lowest BCUT2D eigenvalue weighted by Gasteiger charge is -2.17. The van der Waals surface area contributed by atoms with Gasteiger partial charge in [0.1, 0.15) is 17.2 Å². The van der Waals surface area contributed by atoms with E-state index in [0.717, 1.165) is 16.0 Å². The van der Waals surface area contributed by atoms with Crippen LogP contribution in [0.3, 0.4) is 0 Å². The first-order chi connectivity index (χ1) is 21.3. The molecule has 0 bridgehead atoms. The quantitative estimate of drug-likeness (QED) is 0.119. The van der Waals surface area contributed by atoms with Crippen molar-refractivity contribution in [1.82, 2.24) is 5.32 Å². The Balaban J connectivity index is 1.51. The standard InChI is InChI=1S/C35H35N3O5S/c1-5-32(35(41)37-29-22-27(42-3)17-18-31(29)43-4)44-28-16-10-15-26(21-28)36-34(40)30(20-24-12-9-11-23(2)19-24)38-33(39)25-13-7-6-8-14-25/h6-22,32H,5H2,1-4H3,(H,36,40)(H,37,41)(H,38,39)/b30-20+. The van der Waals surface area contributed by atoms with Gasteiger partial charge in [0.15, 0.2) is 0 Å². The normalized spacial score (nSPS) is 11.7. The summed E-state index contributed by atoms with van der Waals surface area (Å²) in [7, 11) is 3.10. The fourth-order valence-electron chi connectivity index (χ4n) is 4.33. The van der Waals surface area contributed by atoms with Crippen LogP contribution in [-0.4, -0.2) is 37.2 Å². The molecule has 3 N–H and O–H groups in total. The molecule has 44 heavy (non-hydrogen) atoms. The molecular weight excluding hydrogens is 574 g/mol. The lowest BCUT2D eigenvalue weighted by Crippen LogP contribution is -2.30. The summed E-state index contributed by atoms with van der Waals surface area (Å²) in [6.07, 6.45) is 2.21. The van der Waals surface area contributed by atoms with E-state index >= 15 is 0 Å². The Labute approximate surface area is 261 Å². The summed E-state index contributed by atoms with van der Waals surface area (Å²) < 4.78 is 10.7. The van der Waals surface area contributed by atoms with Gasteiger partial charge in [-0.15, -0.1) is 11.8 Å². The number of carbonyl (C=O) groups excluding carboxylic acids is 3. The number of benzene rings is 4. The zero-order valence-corrected chi connectivity index (χ0v) is 25.9. The van der Waals surface area contributed by atoms with Crippen molar-refractivity contribution in [2.75, 3.05) is 24.9 Å². The maximum absolute atomic E-state index is 13.5. The second kappa shape index (κ2) is 15.5. The Morgan fingerprint density at radius 2 is 1.61 bits per heavy atom. The SMILES string of the molecule is CCC(Sc1cccc(NC(=O)/C(=C\c2cccc(C)c2)NC(=O)c2ccccc2)c1)C(=O)Nc1cc(OC)ccc1OC. The molecule has 4 aromatic carbocycles. The van der Waals surface area contributed by atoms with Crippen molar-refractivity contribution in [3.63, 3.8) is 0 Å². The summed E-state index contributed by atoms with van der Waals surface area (Å²) in [6.45, 7) is 3.89. The molecule has 226 valence electrons. The number of rotatable bonds is 12. The molecule has 0 saturated carbocycles. The molecule has 0 radical (unpaired) electrons. The number of hydrogen-bond donors (Lipinski definition) is 3. The Morgan fingerprint density at radius 3 is 2.32 bits per heavy atom. The topological polar surface area (TPSA) is 106 Å². The summed E-state index contributed by atoms with van der Waals surface area (Å²) in [4.78, 5) is 40.5. The van der Waals surface area contributed by atoms with Gasteiger partial charge in [0.2, 0.25) is 5.91 Å². The van der Waals surface area contributed by atoms with Crippen LogP contribution in [0, 0.1) is 6.92 Å². The Bertz CT molecular complexity index is 1660. The molecule has 0 aliphatic heterocycles. The second-order valence-electron chi connectivity index (χ2n) is 9.84. The van der Waals surface area contributed by atoms with Crippen molar-refractivity contribution in [2.45, 2.75) is 30.4 Å². The molecule has 0 heterocycles. The van der Waals surface area contributed by atoms with Crippen LogP contribution in [0.25, 0.3) is 6.08 Å². The first-order valence-corrected chi connectivity index (χ1v) is 14.9. The Morgan fingerprint density at radius 1 is 0.841 bits per heavy atom. The number of methoxy groups -OCH3 is 2. The van der Waals surface area contributed by atoms with E-state index in [9.17, 15) is 14.4 Å². The van der Waals surface area contributed by atoms with Gasteiger partial charge in [0.25, 0.3) is 11.8 Å². The summed E-state index contributed by atoms with van der Waals surface area (Å²) in [5.74, 6) is 0.0605. The van der Waals surface area contributed by atoms with Gasteiger partial charge in [-0.1, -0.05) is 61.0 Å². The molecule has 0 aliphatic rings. The number of aryl methyl sites for hydroxylation is 1. The summed E-state index contributed by atoms with van der Waals surface area (Å²) >= 11 is 1.38. The molecule has 1 atom stereocenters. The van der Waals surface area contributed by atoms with Crippen molar-refractivity contribution in [3.05, 3.63) is 119 Å². The molecule has 9 heteroatoms. The molecule has 4 aromatic rings. The van der Waals surface area contributed by atoms with Gasteiger partial charge >= 0.3 is 0 Å². The van der Waals surface area contributed by atoms with Crippen molar-refractivity contribution in [2.24, 2.45) is 0 Å². The third-order valence-corrected chi connectivity index (χ3v) is 7.94. The predicted molar refractivity (Wildman–Crippen MR) is 176 cm³/mol. The third-order valence-electron chi connectivity index (χ3n) is 6.58. The molecule has 0 fully saturated rings. The zero-order chi connectivity index (χ0) is 31.5. The number of ether oxygens (including phenoxy) is 2. The van der Waals surface area contributed by atoms with Crippen molar-refractivity contribution in [3.8, 4) is 11.5 Å². The minimum Gasteiger partial charge on any atom is -0.497 e. The Hall–Kier alpha value is -5.02. The number of amides is 3. The maximum atomic E-state index is 13.5. The van der Waals surface area contributed by atoms with E-state index in [1.165, 1.54) is 18.9 Å². The molecular formula is C35H35N3O5S. The number of carbonyl (C=O) groups is 3. The van der Waals surface area contributed by atoms with Crippen LogP contribution in [0.2, 0.25) is 0 Å². The highest BCUT2D eigenvalue weighted by Gasteiger charge is 2.21. The van der Waals surface area contributed by atoms with E-state index in [4.69, 9.17) is 9.47 Å². The molecule has 0 aliphatic carbocycles. The van der Waals surface area contributed by atoms with E-state index in [2.05, 4.69) is 16.0 Å².